The van der Waals surface area contributed by atoms with Gasteiger partial charge in [0, 0.05) is 24.1 Å². The van der Waals surface area contributed by atoms with Gasteiger partial charge in [-0.25, -0.2) is 0 Å². The highest BCUT2D eigenvalue weighted by atomic mass is 35.5. The third-order valence-corrected chi connectivity index (χ3v) is 9.32. The van der Waals surface area contributed by atoms with Crippen molar-refractivity contribution in [2.45, 2.75) is 30.2 Å². The van der Waals surface area contributed by atoms with Gasteiger partial charge in [-0.05, 0) is 67.2 Å². The number of hydrogen-bond donors (Lipinski definition) is 3. The second kappa shape index (κ2) is 11.8. The first-order valence-corrected chi connectivity index (χ1v) is 14.3. The van der Waals surface area contributed by atoms with Crippen molar-refractivity contribution in [2.24, 2.45) is 11.7 Å². The minimum Gasteiger partial charge on any atom is -0.502 e. The molecule has 4 unspecified atom stereocenters. The van der Waals surface area contributed by atoms with E-state index in [9.17, 15) is 14.7 Å². The van der Waals surface area contributed by atoms with Crippen molar-refractivity contribution in [2.75, 3.05) is 33.9 Å². The van der Waals surface area contributed by atoms with Gasteiger partial charge in [-0.1, -0.05) is 59.6 Å². The molecule has 5 rings (SSSR count). The minimum atomic E-state index is -1.12. The Balaban J connectivity index is 1.73. The second-order valence-corrected chi connectivity index (χ2v) is 11.4. The van der Waals surface area contributed by atoms with Crippen LogP contribution in [0.15, 0.2) is 60.7 Å². The maximum Gasteiger partial charge on any atom is 0.254 e. The van der Waals surface area contributed by atoms with Crippen LogP contribution in [-0.4, -0.2) is 61.7 Å². The summed E-state index contributed by atoms with van der Waals surface area (Å²) in [5, 5.41) is 14.6. The van der Waals surface area contributed by atoms with Gasteiger partial charge < -0.3 is 30.5 Å². The number of methoxy groups -OCH3 is 2. The van der Waals surface area contributed by atoms with Crippen molar-refractivity contribution < 1.29 is 24.2 Å². The molecule has 4 N–H and O–H groups in total. The standard InChI is InChI=1S/C31H33Cl2N3O5/c1-40-24-15-20(16-25(41-2)28(24)37)29(38)36-13-11-31(30(34)39,21-6-4-3-5-7-21)26(27(36)19-10-12-35-17-19)18-8-9-22(32)23(33)14-18/h3-9,14-16,19,26-27,35,37H,10-13,17H2,1-2H3,(H2,34,39). The third kappa shape index (κ3) is 5.09. The summed E-state index contributed by atoms with van der Waals surface area (Å²) in [6.45, 7) is 1.73. The smallest absolute Gasteiger partial charge is 0.254 e. The average Bonchev–Trinajstić information content (AvgIpc) is 3.53. The van der Waals surface area contributed by atoms with Crippen LogP contribution in [0.4, 0.5) is 0 Å². The zero-order chi connectivity index (χ0) is 29.3. The molecule has 3 aromatic carbocycles. The molecule has 10 heteroatoms. The summed E-state index contributed by atoms with van der Waals surface area (Å²) in [5.74, 6) is -1.18. The maximum atomic E-state index is 14.4. The van der Waals surface area contributed by atoms with Crippen LogP contribution < -0.4 is 20.5 Å². The number of piperidine rings is 1. The minimum absolute atomic E-state index is 0.0158. The molecule has 0 spiro atoms. The van der Waals surface area contributed by atoms with Crippen molar-refractivity contribution in [3.8, 4) is 17.2 Å². The van der Waals surface area contributed by atoms with E-state index in [2.05, 4.69) is 5.32 Å². The molecule has 2 fully saturated rings. The predicted molar refractivity (Wildman–Crippen MR) is 158 cm³/mol. The van der Waals surface area contributed by atoms with Gasteiger partial charge in [0.25, 0.3) is 5.91 Å². The highest BCUT2D eigenvalue weighted by Gasteiger charge is 2.57. The largest absolute Gasteiger partial charge is 0.502 e. The summed E-state index contributed by atoms with van der Waals surface area (Å²) < 4.78 is 10.7. The summed E-state index contributed by atoms with van der Waals surface area (Å²) in [7, 11) is 2.83. The number of phenolic OH excluding ortho intramolecular Hbond substituents is 1. The predicted octanol–water partition coefficient (Wildman–Crippen LogP) is 4.75. The number of nitrogens with zero attached hydrogens (tertiary/aromatic N) is 1. The number of carbonyl (C=O) groups is 2. The summed E-state index contributed by atoms with van der Waals surface area (Å²) in [6.07, 6.45) is 1.10. The van der Waals surface area contributed by atoms with Gasteiger partial charge in [0.05, 0.1) is 29.7 Å². The van der Waals surface area contributed by atoms with E-state index in [-0.39, 0.29) is 35.6 Å². The van der Waals surface area contributed by atoms with Gasteiger partial charge in [0.1, 0.15) is 0 Å². The third-order valence-electron chi connectivity index (χ3n) is 8.58. The maximum absolute atomic E-state index is 14.4. The Kier molecular flexibility index (Phi) is 8.36. The zero-order valence-corrected chi connectivity index (χ0v) is 24.4. The molecule has 8 nitrogen and oxygen atoms in total. The van der Waals surface area contributed by atoms with Crippen LogP contribution in [0.1, 0.15) is 40.2 Å². The summed E-state index contributed by atoms with van der Waals surface area (Å²) in [5.41, 5.74) is 7.08. The Morgan fingerprint density at radius 1 is 1.02 bits per heavy atom. The topological polar surface area (TPSA) is 114 Å². The number of amides is 2. The lowest BCUT2D eigenvalue weighted by Gasteiger charge is -2.53. The summed E-state index contributed by atoms with van der Waals surface area (Å²) in [6, 6.07) is 17.5. The molecule has 0 radical (unpaired) electrons. The van der Waals surface area contributed by atoms with E-state index < -0.39 is 23.3 Å². The highest BCUT2D eigenvalue weighted by Crippen LogP contribution is 2.52. The molecule has 2 aliphatic rings. The fourth-order valence-electron chi connectivity index (χ4n) is 6.65. The molecule has 3 aromatic rings. The number of halogens is 2. The number of likely N-dealkylation sites (tertiary alicyclic amines) is 1. The Morgan fingerprint density at radius 3 is 2.27 bits per heavy atom. The van der Waals surface area contributed by atoms with Crippen LogP contribution in [0.25, 0.3) is 0 Å². The molecular formula is C31H33Cl2N3O5. The van der Waals surface area contributed by atoms with Gasteiger partial charge in [-0.15, -0.1) is 0 Å². The van der Waals surface area contributed by atoms with Gasteiger partial charge in [-0.3, -0.25) is 9.59 Å². The number of nitrogens with one attached hydrogen (secondary N) is 1. The van der Waals surface area contributed by atoms with Crippen LogP contribution >= 0.6 is 23.2 Å². The van der Waals surface area contributed by atoms with E-state index in [0.717, 1.165) is 24.1 Å². The van der Waals surface area contributed by atoms with Crippen LogP contribution in [0, 0.1) is 5.92 Å². The summed E-state index contributed by atoms with van der Waals surface area (Å²) in [4.78, 5) is 29.9. The first-order valence-electron chi connectivity index (χ1n) is 13.5. The lowest BCUT2D eigenvalue weighted by Crippen LogP contribution is -2.63. The number of primary amides is 1. The van der Waals surface area contributed by atoms with Gasteiger partial charge >= 0.3 is 0 Å². The van der Waals surface area contributed by atoms with E-state index in [1.807, 2.05) is 41.3 Å². The molecule has 0 saturated carbocycles. The molecule has 41 heavy (non-hydrogen) atoms. The number of hydrogen-bond acceptors (Lipinski definition) is 6. The molecular weight excluding hydrogens is 565 g/mol. The zero-order valence-electron chi connectivity index (χ0n) is 22.9. The van der Waals surface area contributed by atoms with E-state index in [0.29, 0.717) is 28.6 Å². The van der Waals surface area contributed by atoms with E-state index in [1.54, 1.807) is 12.1 Å². The molecule has 2 saturated heterocycles. The fourth-order valence-corrected chi connectivity index (χ4v) is 6.96. The lowest BCUT2D eigenvalue weighted by atomic mass is 9.58. The molecule has 216 valence electrons. The first kappa shape index (κ1) is 29.0. The Hall–Kier alpha value is -3.46. The van der Waals surface area contributed by atoms with Crippen molar-refractivity contribution in [1.29, 1.82) is 0 Å². The molecule has 0 bridgehead atoms. The first-order chi connectivity index (χ1) is 19.7. The van der Waals surface area contributed by atoms with E-state index in [4.69, 9.17) is 38.4 Å². The second-order valence-electron chi connectivity index (χ2n) is 10.6. The number of ether oxygens (including phenoxy) is 2. The van der Waals surface area contributed by atoms with Crippen molar-refractivity contribution in [3.63, 3.8) is 0 Å². The number of carbonyl (C=O) groups excluding carboxylic acids is 2. The quantitative estimate of drug-likeness (QED) is 0.362. The number of rotatable bonds is 7. The van der Waals surface area contributed by atoms with Crippen LogP contribution in [0.3, 0.4) is 0 Å². The molecule has 2 aliphatic heterocycles. The Bertz CT molecular complexity index is 1420. The summed E-state index contributed by atoms with van der Waals surface area (Å²) >= 11 is 12.9. The van der Waals surface area contributed by atoms with E-state index in [1.165, 1.54) is 26.4 Å². The van der Waals surface area contributed by atoms with Gasteiger partial charge in [0.15, 0.2) is 11.5 Å². The lowest BCUT2D eigenvalue weighted by molar-refractivity contribution is -0.127. The molecule has 0 aromatic heterocycles. The molecule has 0 aliphatic carbocycles. The number of phenols is 1. The van der Waals surface area contributed by atoms with Crippen molar-refractivity contribution >= 4 is 35.0 Å². The number of benzene rings is 3. The van der Waals surface area contributed by atoms with Gasteiger partial charge in [-0.2, -0.15) is 0 Å². The number of nitrogens with two attached hydrogens (primary N) is 1. The monoisotopic (exact) mass is 597 g/mol. The normalized spacial score (nSPS) is 24.2. The molecule has 2 heterocycles. The number of aromatic hydroxyl groups is 1. The van der Waals surface area contributed by atoms with Crippen LogP contribution in [0.5, 0.6) is 17.2 Å². The van der Waals surface area contributed by atoms with Crippen LogP contribution in [0.2, 0.25) is 10.0 Å². The average molecular weight is 599 g/mol. The Labute approximate surface area is 249 Å². The molecule has 2 amide bonds. The SMILES string of the molecule is COc1cc(C(=O)N2CCC(C(N)=O)(c3ccccc3)C(c3ccc(Cl)c(Cl)c3)C2C2CCNC2)cc(OC)c1O. The van der Waals surface area contributed by atoms with Crippen LogP contribution in [-0.2, 0) is 10.2 Å². The van der Waals surface area contributed by atoms with Crippen molar-refractivity contribution in [3.05, 3.63) is 87.4 Å². The highest BCUT2D eigenvalue weighted by molar-refractivity contribution is 6.42. The van der Waals surface area contributed by atoms with Gasteiger partial charge in [0.2, 0.25) is 11.7 Å². The van der Waals surface area contributed by atoms with E-state index >= 15 is 0 Å². The molecule has 4 atom stereocenters. The van der Waals surface area contributed by atoms with Crippen molar-refractivity contribution in [1.82, 2.24) is 10.2 Å². The fraction of sp³-hybridized carbons (Fsp3) is 0.355. The Morgan fingerprint density at radius 2 is 1.71 bits per heavy atom.